The fraction of sp³-hybridized carbons (Fsp3) is 0.250. The van der Waals surface area contributed by atoms with Gasteiger partial charge in [-0.05, 0) is 42.2 Å². The molecule has 2 aromatic carbocycles. The molecule has 19 heavy (non-hydrogen) atoms. The first-order chi connectivity index (χ1) is 9.08. The second-order valence-electron chi connectivity index (χ2n) is 4.61. The van der Waals surface area contributed by atoms with Crippen LogP contribution < -0.4 is 10.5 Å². The Hall–Kier alpha value is -1.87. The van der Waals surface area contributed by atoms with Gasteiger partial charge in [0.1, 0.15) is 0 Å². The molecule has 0 aliphatic rings. The van der Waals surface area contributed by atoms with Crippen molar-refractivity contribution in [3.05, 3.63) is 52.8 Å². The predicted molar refractivity (Wildman–Crippen MR) is 75.8 cm³/mol. The van der Waals surface area contributed by atoms with Crippen LogP contribution in [0.5, 0.6) is 5.75 Å². The lowest BCUT2D eigenvalue weighted by Gasteiger charge is -2.13. The normalized spacial score (nSPS) is 10.6. The van der Waals surface area contributed by atoms with Crippen molar-refractivity contribution in [2.75, 3.05) is 7.11 Å². The fourth-order valence-electron chi connectivity index (χ4n) is 2.36. The maximum atomic E-state index is 14.3. The number of methoxy groups -OCH3 is 1. The van der Waals surface area contributed by atoms with Gasteiger partial charge in [-0.2, -0.15) is 0 Å². The second kappa shape index (κ2) is 5.41. The predicted octanol–water partition coefficient (Wildman–Crippen LogP) is 3.58. The number of ether oxygens (including phenoxy) is 1. The third kappa shape index (κ3) is 2.47. The first-order valence-corrected chi connectivity index (χ1v) is 6.21. The minimum absolute atomic E-state index is 0.260. The molecule has 100 valence electrons. The molecule has 0 saturated carbocycles. The van der Waals surface area contributed by atoms with Gasteiger partial charge in [0.2, 0.25) is 0 Å². The van der Waals surface area contributed by atoms with Gasteiger partial charge in [0.25, 0.3) is 0 Å². The number of nitrogens with two attached hydrogens (primary N) is 1. The molecule has 2 nitrogen and oxygen atoms in total. The van der Waals surface area contributed by atoms with E-state index in [2.05, 4.69) is 0 Å². The van der Waals surface area contributed by atoms with Crippen LogP contribution in [0.2, 0.25) is 0 Å². The van der Waals surface area contributed by atoms with Crippen LogP contribution >= 0.6 is 0 Å². The third-order valence-corrected chi connectivity index (χ3v) is 3.39. The average molecular weight is 259 g/mol. The molecular weight excluding hydrogens is 241 g/mol. The molecule has 0 aromatic heterocycles. The van der Waals surface area contributed by atoms with Crippen molar-refractivity contribution >= 4 is 0 Å². The Bertz CT molecular complexity index is 585. The largest absolute Gasteiger partial charge is 0.494 e. The number of halogens is 1. The molecule has 0 radical (unpaired) electrons. The second-order valence-corrected chi connectivity index (χ2v) is 4.61. The molecule has 2 aromatic rings. The summed E-state index contributed by atoms with van der Waals surface area (Å²) in [5.41, 5.74) is 10.4. The number of rotatable bonds is 3. The van der Waals surface area contributed by atoms with Crippen LogP contribution in [-0.4, -0.2) is 7.11 Å². The highest BCUT2D eigenvalue weighted by atomic mass is 19.1. The van der Waals surface area contributed by atoms with Crippen LogP contribution in [0, 0.1) is 19.7 Å². The molecule has 0 unspecified atom stereocenters. The summed E-state index contributed by atoms with van der Waals surface area (Å²) < 4.78 is 19.3. The lowest BCUT2D eigenvalue weighted by atomic mass is 9.95. The van der Waals surface area contributed by atoms with Crippen LogP contribution in [0.25, 0.3) is 11.1 Å². The first-order valence-electron chi connectivity index (χ1n) is 6.21. The SMILES string of the molecule is COc1cccc(-c2cc(C)c(CN)c(C)c2)c1F. The molecule has 0 bridgehead atoms. The van der Waals surface area contributed by atoms with E-state index >= 15 is 0 Å². The minimum atomic E-state index is -0.329. The molecule has 0 spiro atoms. The van der Waals surface area contributed by atoms with Gasteiger partial charge in [-0.3, -0.25) is 0 Å². The van der Waals surface area contributed by atoms with Crippen LogP contribution in [-0.2, 0) is 6.54 Å². The minimum Gasteiger partial charge on any atom is -0.494 e. The molecule has 0 heterocycles. The molecule has 0 fully saturated rings. The Morgan fingerprint density at radius 2 is 1.79 bits per heavy atom. The average Bonchev–Trinajstić information content (AvgIpc) is 2.38. The topological polar surface area (TPSA) is 35.2 Å². The summed E-state index contributed by atoms with van der Waals surface area (Å²) in [6.45, 7) is 4.49. The van der Waals surface area contributed by atoms with Crippen LogP contribution in [0.3, 0.4) is 0 Å². The lowest BCUT2D eigenvalue weighted by Crippen LogP contribution is -2.02. The van der Waals surface area contributed by atoms with Crippen molar-refractivity contribution in [2.45, 2.75) is 20.4 Å². The molecule has 0 aliphatic heterocycles. The van der Waals surface area contributed by atoms with Gasteiger partial charge >= 0.3 is 0 Å². The number of hydrogen-bond donors (Lipinski definition) is 1. The van der Waals surface area contributed by atoms with Gasteiger partial charge in [0.15, 0.2) is 11.6 Å². The van der Waals surface area contributed by atoms with Gasteiger partial charge in [0.05, 0.1) is 7.11 Å². The Labute approximate surface area is 113 Å². The fourth-order valence-corrected chi connectivity index (χ4v) is 2.36. The zero-order valence-electron chi connectivity index (χ0n) is 11.5. The van der Waals surface area contributed by atoms with Gasteiger partial charge in [-0.15, -0.1) is 0 Å². The van der Waals surface area contributed by atoms with Crippen LogP contribution in [0.15, 0.2) is 30.3 Å². The molecule has 2 N–H and O–H groups in total. The maximum absolute atomic E-state index is 14.3. The van der Waals surface area contributed by atoms with Crippen molar-refractivity contribution in [1.29, 1.82) is 0 Å². The quantitative estimate of drug-likeness (QED) is 0.914. The van der Waals surface area contributed by atoms with E-state index in [0.717, 1.165) is 22.3 Å². The molecule has 3 heteroatoms. The molecule has 0 atom stereocenters. The highest BCUT2D eigenvalue weighted by Gasteiger charge is 2.12. The van der Waals surface area contributed by atoms with Crippen molar-refractivity contribution in [3.63, 3.8) is 0 Å². The Morgan fingerprint density at radius 3 is 2.32 bits per heavy atom. The van der Waals surface area contributed by atoms with E-state index in [4.69, 9.17) is 10.5 Å². The van der Waals surface area contributed by atoms with Gasteiger partial charge in [-0.25, -0.2) is 4.39 Å². The zero-order chi connectivity index (χ0) is 14.0. The van der Waals surface area contributed by atoms with Gasteiger partial charge < -0.3 is 10.5 Å². The van der Waals surface area contributed by atoms with Gasteiger partial charge in [-0.1, -0.05) is 24.3 Å². The molecule has 0 saturated heterocycles. The standard InChI is InChI=1S/C16H18FNO/c1-10-7-12(8-11(2)14(10)9-18)13-5-4-6-15(19-3)16(13)17/h4-8H,9,18H2,1-3H3. The monoisotopic (exact) mass is 259 g/mol. The van der Waals surface area contributed by atoms with Crippen molar-refractivity contribution < 1.29 is 9.13 Å². The number of hydrogen-bond acceptors (Lipinski definition) is 2. The highest BCUT2D eigenvalue weighted by molar-refractivity contribution is 5.68. The summed E-state index contributed by atoms with van der Waals surface area (Å²) in [7, 11) is 1.47. The summed E-state index contributed by atoms with van der Waals surface area (Å²) in [4.78, 5) is 0. The van der Waals surface area contributed by atoms with Crippen LogP contribution in [0.1, 0.15) is 16.7 Å². The summed E-state index contributed by atoms with van der Waals surface area (Å²) in [6.07, 6.45) is 0. The van der Waals surface area contributed by atoms with E-state index in [9.17, 15) is 4.39 Å². The first kappa shape index (κ1) is 13.6. The molecule has 0 amide bonds. The van der Waals surface area contributed by atoms with E-state index in [1.54, 1.807) is 18.2 Å². The molecular formula is C16H18FNO. The highest BCUT2D eigenvalue weighted by Crippen LogP contribution is 2.31. The summed E-state index contributed by atoms with van der Waals surface area (Å²) in [6, 6.07) is 9.10. The molecule has 0 aliphatic carbocycles. The van der Waals surface area contributed by atoms with Gasteiger partial charge in [0, 0.05) is 12.1 Å². The van der Waals surface area contributed by atoms with Crippen molar-refractivity contribution in [2.24, 2.45) is 5.73 Å². The summed E-state index contributed by atoms with van der Waals surface area (Å²) in [5, 5.41) is 0. The Kier molecular flexibility index (Phi) is 3.86. The zero-order valence-corrected chi connectivity index (χ0v) is 11.5. The summed E-state index contributed by atoms with van der Waals surface area (Å²) in [5.74, 6) is -0.0694. The lowest BCUT2D eigenvalue weighted by molar-refractivity contribution is 0.387. The van der Waals surface area contributed by atoms with Crippen LogP contribution in [0.4, 0.5) is 4.39 Å². The van der Waals surface area contributed by atoms with E-state index in [-0.39, 0.29) is 11.6 Å². The van der Waals surface area contributed by atoms with E-state index in [1.165, 1.54) is 7.11 Å². The Morgan fingerprint density at radius 1 is 1.16 bits per heavy atom. The van der Waals surface area contributed by atoms with E-state index < -0.39 is 0 Å². The smallest absolute Gasteiger partial charge is 0.172 e. The molecule has 2 rings (SSSR count). The van der Waals surface area contributed by atoms with Crippen molar-refractivity contribution in [3.8, 4) is 16.9 Å². The summed E-state index contributed by atoms with van der Waals surface area (Å²) >= 11 is 0. The van der Waals surface area contributed by atoms with Crippen molar-refractivity contribution in [1.82, 2.24) is 0 Å². The maximum Gasteiger partial charge on any atom is 0.172 e. The Balaban J connectivity index is 2.60. The number of aryl methyl sites for hydroxylation is 2. The van der Waals surface area contributed by atoms with E-state index in [0.29, 0.717) is 12.1 Å². The third-order valence-electron chi connectivity index (χ3n) is 3.39. The van der Waals surface area contributed by atoms with E-state index in [1.807, 2.05) is 26.0 Å². The number of benzene rings is 2.